The summed E-state index contributed by atoms with van der Waals surface area (Å²) in [6, 6.07) is 4.00. The first-order valence-corrected chi connectivity index (χ1v) is 3.44. The number of hydrogen-bond acceptors (Lipinski definition) is 1. The number of aromatic nitrogens is 1. The molecule has 1 heteroatoms. The molecular formula is C9H11N. The van der Waals surface area contributed by atoms with E-state index >= 15 is 0 Å². The highest BCUT2D eigenvalue weighted by Gasteiger charge is 1.89. The second kappa shape index (κ2) is 3.16. The summed E-state index contributed by atoms with van der Waals surface area (Å²) in [5.41, 5.74) is 2.27. The Labute approximate surface area is 61.4 Å². The van der Waals surface area contributed by atoms with Crippen molar-refractivity contribution in [1.29, 1.82) is 0 Å². The molecule has 10 heavy (non-hydrogen) atoms. The van der Waals surface area contributed by atoms with Crippen molar-refractivity contribution in [2.24, 2.45) is 0 Å². The van der Waals surface area contributed by atoms with Gasteiger partial charge in [-0.25, -0.2) is 0 Å². The van der Waals surface area contributed by atoms with Gasteiger partial charge in [-0.05, 0) is 24.1 Å². The number of pyridine rings is 1. The topological polar surface area (TPSA) is 12.9 Å². The lowest BCUT2D eigenvalue weighted by Crippen LogP contribution is -1.85. The van der Waals surface area contributed by atoms with Gasteiger partial charge in [0, 0.05) is 11.9 Å². The van der Waals surface area contributed by atoms with Crippen LogP contribution < -0.4 is 0 Å². The van der Waals surface area contributed by atoms with Crippen molar-refractivity contribution in [1.82, 2.24) is 4.98 Å². The second-order valence-electron chi connectivity index (χ2n) is 2.14. The van der Waals surface area contributed by atoms with Crippen LogP contribution in [0.4, 0.5) is 0 Å². The molecule has 0 atom stereocenters. The van der Waals surface area contributed by atoms with Gasteiger partial charge in [-0.15, -0.1) is 0 Å². The van der Waals surface area contributed by atoms with Crippen LogP contribution in [-0.4, -0.2) is 4.98 Å². The van der Waals surface area contributed by atoms with E-state index in [9.17, 15) is 0 Å². The van der Waals surface area contributed by atoms with E-state index in [0.29, 0.717) is 0 Å². The largest absolute Gasteiger partial charge is 0.261 e. The molecule has 1 aromatic rings. The van der Waals surface area contributed by atoms with Crippen LogP contribution in [-0.2, 0) is 6.42 Å². The first kappa shape index (κ1) is 7.00. The average molecular weight is 133 g/mol. The Morgan fingerprint density at radius 3 is 3.10 bits per heavy atom. The molecule has 1 heterocycles. The number of nitrogens with zero attached hydrogens (tertiary/aromatic N) is 1. The molecule has 1 rings (SSSR count). The van der Waals surface area contributed by atoms with Crippen molar-refractivity contribution in [3.8, 4) is 0 Å². The molecule has 0 aliphatic heterocycles. The Bertz CT molecular complexity index is 228. The maximum Gasteiger partial charge on any atom is 0.0406 e. The van der Waals surface area contributed by atoms with Crippen molar-refractivity contribution >= 4 is 6.08 Å². The van der Waals surface area contributed by atoms with Crippen LogP contribution in [0.3, 0.4) is 0 Å². The SMILES string of the molecule is C=Cc1ccnc(CC)c1. The van der Waals surface area contributed by atoms with Crippen LogP contribution in [0.1, 0.15) is 18.2 Å². The van der Waals surface area contributed by atoms with E-state index in [2.05, 4.69) is 18.5 Å². The third-order valence-corrected chi connectivity index (χ3v) is 1.44. The summed E-state index contributed by atoms with van der Waals surface area (Å²) in [6.45, 7) is 5.77. The fourth-order valence-corrected chi connectivity index (χ4v) is 0.817. The third kappa shape index (κ3) is 1.44. The molecule has 0 spiro atoms. The van der Waals surface area contributed by atoms with Crippen LogP contribution in [0.25, 0.3) is 6.08 Å². The summed E-state index contributed by atoms with van der Waals surface area (Å²) in [6.07, 6.45) is 4.64. The van der Waals surface area contributed by atoms with E-state index < -0.39 is 0 Å². The minimum absolute atomic E-state index is 0.988. The van der Waals surface area contributed by atoms with Crippen molar-refractivity contribution in [2.45, 2.75) is 13.3 Å². The fraction of sp³-hybridized carbons (Fsp3) is 0.222. The Kier molecular flexibility index (Phi) is 2.21. The van der Waals surface area contributed by atoms with Crippen LogP contribution in [0.2, 0.25) is 0 Å². The predicted octanol–water partition coefficient (Wildman–Crippen LogP) is 2.29. The molecule has 0 amide bonds. The number of hydrogen-bond donors (Lipinski definition) is 0. The molecule has 0 aliphatic rings. The highest BCUT2D eigenvalue weighted by Crippen LogP contribution is 2.02. The van der Waals surface area contributed by atoms with E-state index in [0.717, 1.165) is 17.7 Å². The maximum atomic E-state index is 4.16. The van der Waals surface area contributed by atoms with Crippen LogP contribution >= 0.6 is 0 Å². The molecule has 0 bridgehead atoms. The van der Waals surface area contributed by atoms with Crippen molar-refractivity contribution in [3.05, 3.63) is 36.2 Å². The molecule has 1 nitrogen and oxygen atoms in total. The smallest absolute Gasteiger partial charge is 0.0406 e. The quantitative estimate of drug-likeness (QED) is 0.603. The molecule has 52 valence electrons. The standard InChI is InChI=1S/C9H11N/c1-3-8-5-6-10-9(4-2)7-8/h3,5-7H,1,4H2,2H3. The Hall–Kier alpha value is -1.11. The molecule has 0 saturated carbocycles. The van der Waals surface area contributed by atoms with Gasteiger partial charge in [-0.3, -0.25) is 4.98 Å². The predicted molar refractivity (Wildman–Crippen MR) is 43.7 cm³/mol. The Balaban J connectivity index is 2.98. The van der Waals surface area contributed by atoms with Gasteiger partial charge in [0.2, 0.25) is 0 Å². The minimum atomic E-state index is 0.988. The van der Waals surface area contributed by atoms with Crippen molar-refractivity contribution < 1.29 is 0 Å². The van der Waals surface area contributed by atoms with Gasteiger partial charge in [0.05, 0.1) is 0 Å². The van der Waals surface area contributed by atoms with Gasteiger partial charge in [0.25, 0.3) is 0 Å². The van der Waals surface area contributed by atoms with Gasteiger partial charge in [-0.1, -0.05) is 19.6 Å². The van der Waals surface area contributed by atoms with Gasteiger partial charge in [-0.2, -0.15) is 0 Å². The molecule has 0 N–H and O–H groups in total. The second-order valence-corrected chi connectivity index (χ2v) is 2.14. The molecule has 0 aromatic carbocycles. The summed E-state index contributed by atoms with van der Waals surface area (Å²) in [5.74, 6) is 0. The summed E-state index contributed by atoms with van der Waals surface area (Å²) in [7, 11) is 0. The zero-order chi connectivity index (χ0) is 7.40. The minimum Gasteiger partial charge on any atom is -0.261 e. The zero-order valence-corrected chi connectivity index (χ0v) is 6.17. The Morgan fingerprint density at radius 2 is 2.50 bits per heavy atom. The lowest BCUT2D eigenvalue weighted by atomic mass is 10.2. The summed E-state index contributed by atoms with van der Waals surface area (Å²) in [5, 5.41) is 0. The zero-order valence-electron chi connectivity index (χ0n) is 6.17. The maximum absolute atomic E-state index is 4.16. The molecule has 0 saturated heterocycles. The fourth-order valence-electron chi connectivity index (χ4n) is 0.817. The van der Waals surface area contributed by atoms with Gasteiger partial charge in [0.1, 0.15) is 0 Å². The van der Waals surface area contributed by atoms with Crippen LogP contribution in [0, 0.1) is 0 Å². The van der Waals surface area contributed by atoms with Gasteiger partial charge < -0.3 is 0 Å². The molecular weight excluding hydrogens is 122 g/mol. The molecule has 1 aromatic heterocycles. The average Bonchev–Trinajstić information content (AvgIpc) is 2.05. The molecule has 0 radical (unpaired) electrons. The monoisotopic (exact) mass is 133 g/mol. The van der Waals surface area contributed by atoms with Crippen molar-refractivity contribution in [2.75, 3.05) is 0 Å². The molecule has 0 fully saturated rings. The highest BCUT2D eigenvalue weighted by molar-refractivity contribution is 5.46. The van der Waals surface area contributed by atoms with E-state index in [1.807, 2.05) is 24.4 Å². The summed E-state index contributed by atoms with van der Waals surface area (Å²) < 4.78 is 0. The van der Waals surface area contributed by atoms with E-state index in [4.69, 9.17) is 0 Å². The van der Waals surface area contributed by atoms with Gasteiger partial charge in [0.15, 0.2) is 0 Å². The first-order chi connectivity index (χ1) is 4.86. The van der Waals surface area contributed by atoms with E-state index in [-0.39, 0.29) is 0 Å². The Morgan fingerprint density at radius 1 is 1.70 bits per heavy atom. The molecule has 0 aliphatic carbocycles. The normalized spacial score (nSPS) is 9.30. The lowest BCUT2D eigenvalue weighted by Gasteiger charge is -1.95. The van der Waals surface area contributed by atoms with E-state index in [1.54, 1.807) is 0 Å². The molecule has 0 unspecified atom stereocenters. The third-order valence-electron chi connectivity index (χ3n) is 1.44. The van der Waals surface area contributed by atoms with Crippen LogP contribution in [0.5, 0.6) is 0 Å². The first-order valence-electron chi connectivity index (χ1n) is 3.44. The van der Waals surface area contributed by atoms with Crippen LogP contribution in [0.15, 0.2) is 24.9 Å². The summed E-state index contributed by atoms with van der Waals surface area (Å²) >= 11 is 0. The van der Waals surface area contributed by atoms with E-state index in [1.165, 1.54) is 0 Å². The van der Waals surface area contributed by atoms with Gasteiger partial charge >= 0.3 is 0 Å². The summed E-state index contributed by atoms with van der Waals surface area (Å²) in [4.78, 5) is 4.16. The lowest BCUT2D eigenvalue weighted by molar-refractivity contribution is 1.03. The number of rotatable bonds is 2. The number of aryl methyl sites for hydroxylation is 1. The van der Waals surface area contributed by atoms with Crippen molar-refractivity contribution in [3.63, 3.8) is 0 Å². The highest BCUT2D eigenvalue weighted by atomic mass is 14.7.